The van der Waals surface area contributed by atoms with E-state index in [1.165, 1.54) is 0 Å². The first-order valence-corrected chi connectivity index (χ1v) is 7.26. The van der Waals surface area contributed by atoms with Gasteiger partial charge in [0.2, 0.25) is 5.28 Å². The van der Waals surface area contributed by atoms with Crippen molar-refractivity contribution in [2.24, 2.45) is 7.05 Å². The van der Waals surface area contributed by atoms with E-state index in [9.17, 15) is 4.79 Å². The Bertz CT molecular complexity index is 726. The maximum Gasteiger partial charge on any atom is 0.330 e. The second-order valence-electron chi connectivity index (χ2n) is 5.64. The molecule has 7 heteroatoms. The third-order valence-electron chi connectivity index (χ3n) is 4.43. The number of hydrogen-bond acceptors (Lipinski definition) is 4. The molecule has 0 N–H and O–H groups in total. The van der Waals surface area contributed by atoms with E-state index in [0.717, 1.165) is 31.2 Å². The van der Waals surface area contributed by atoms with Crippen molar-refractivity contribution >= 4 is 22.8 Å². The van der Waals surface area contributed by atoms with Crippen molar-refractivity contribution in [3.63, 3.8) is 0 Å². The van der Waals surface area contributed by atoms with Gasteiger partial charge >= 0.3 is 5.69 Å². The Morgan fingerprint density at radius 2 is 2.05 bits per heavy atom. The molecule has 1 unspecified atom stereocenters. The van der Waals surface area contributed by atoms with Crippen molar-refractivity contribution in [2.75, 3.05) is 0 Å². The van der Waals surface area contributed by atoms with Crippen LogP contribution in [0, 0.1) is 0 Å². The number of aromatic nitrogens is 4. The summed E-state index contributed by atoms with van der Waals surface area (Å²) in [5, 5.41) is 0.173. The first kappa shape index (κ1) is 12.3. The molecular weight excluding hydrogens is 280 g/mol. The van der Waals surface area contributed by atoms with Crippen LogP contribution in [0.15, 0.2) is 11.0 Å². The van der Waals surface area contributed by atoms with Crippen LogP contribution in [0.3, 0.4) is 0 Å². The molecule has 106 valence electrons. The number of rotatable bonds is 1. The Balaban J connectivity index is 1.89. The third kappa shape index (κ3) is 1.71. The summed E-state index contributed by atoms with van der Waals surface area (Å²) in [5.74, 6) is 0. The smallest absolute Gasteiger partial charge is 0.330 e. The van der Waals surface area contributed by atoms with Gasteiger partial charge in [0.25, 0.3) is 0 Å². The molecule has 2 aromatic rings. The zero-order chi connectivity index (χ0) is 13.9. The Hall–Kier alpha value is -1.40. The molecule has 2 aliphatic rings. The van der Waals surface area contributed by atoms with Gasteiger partial charge in [-0.2, -0.15) is 4.98 Å². The molecule has 4 heterocycles. The summed E-state index contributed by atoms with van der Waals surface area (Å²) in [5.41, 5.74) is 1.30. The summed E-state index contributed by atoms with van der Waals surface area (Å²) in [6, 6.07) is 0.142. The van der Waals surface area contributed by atoms with Crippen molar-refractivity contribution < 1.29 is 4.74 Å². The lowest BCUT2D eigenvalue weighted by Gasteiger charge is -2.28. The van der Waals surface area contributed by atoms with Gasteiger partial charge in [-0.15, -0.1) is 0 Å². The molecule has 20 heavy (non-hydrogen) atoms. The topological polar surface area (TPSA) is 61.9 Å². The standard InChI is InChI=1S/C13H15ClN4O2/c1-17-10-6-15-12(14)16-11(10)18(13(17)19)7-4-8-2-3-9(5-7)20-8/h6-9H,2-5H2,1H3/t7?,8-,9+. The van der Waals surface area contributed by atoms with Gasteiger partial charge in [0.1, 0.15) is 5.52 Å². The molecule has 2 saturated heterocycles. The summed E-state index contributed by atoms with van der Waals surface area (Å²) in [7, 11) is 1.74. The summed E-state index contributed by atoms with van der Waals surface area (Å²) in [6.45, 7) is 0. The van der Waals surface area contributed by atoms with Crippen LogP contribution < -0.4 is 5.69 Å². The summed E-state index contributed by atoms with van der Waals surface area (Å²) in [4.78, 5) is 20.7. The fourth-order valence-corrected chi connectivity index (χ4v) is 3.61. The highest BCUT2D eigenvalue weighted by molar-refractivity contribution is 6.28. The average molecular weight is 295 g/mol. The van der Waals surface area contributed by atoms with Gasteiger partial charge in [0.05, 0.1) is 18.4 Å². The van der Waals surface area contributed by atoms with E-state index in [0.29, 0.717) is 5.65 Å². The largest absolute Gasteiger partial charge is 0.375 e. The fourth-order valence-electron chi connectivity index (χ4n) is 3.48. The van der Waals surface area contributed by atoms with Crippen LogP contribution in [0.1, 0.15) is 31.7 Å². The predicted octanol–water partition coefficient (Wildman–Crippen LogP) is 1.67. The fraction of sp³-hybridized carbons (Fsp3) is 0.615. The number of imidazole rings is 1. The molecule has 3 atom stereocenters. The number of fused-ring (bicyclic) bond motifs is 3. The maximum absolute atomic E-state index is 12.5. The minimum atomic E-state index is -0.0529. The minimum absolute atomic E-state index is 0.0529. The lowest BCUT2D eigenvalue weighted by molar-refractivity contribution is -0.0158. The zero-order valence-corrected chi connectivity index (χ0v) is 11.9. The first-order chi connectivity index (χ1) is 9.63. The molecule has 2 fully saturated rings. The summed E-state index contributed by atoms with van der Waals surface area (Å²) >= 11 is 5.89. The second-order valence-corrected chi connectivity index (χ2v) is 5.98. The van der Waals surface area contributed by atoms with Crippen molar-refractivity contribution in [2.45, 2.75) is 43.9 Å². The van der Waals surface area contributed by atoms with Gasteiger partial charge in [0, 0.05) is 13.1 Å². The van der Waals surface area contributed by atoms with E-state index < -0.39 is 0 Å². The van der Waals surface area contributed by atoms with Crippen molar-refractivity contribution in [3.05, 3.63) is 22.0 Å². The molecule has 0 saturated carbocycles. The van der Waals surface area contributed by atoms with E-state index in [1.807, 2.05) is 0 Å². The number of halogens is 1. The van der Waals surface area contributed by atoms with E-state index >= 15 is 0 Å². The van der Waals surface area contributed by atoms with Crippen LogP contribution in [-0.4, -0.2) is 31.3 Å². The third-order valence-corrected chi connectivity index (χ3v) is 4.62. The van der Waals surface area contributed by atoms with Crippen molar-refractivity contribution in [3.8, 4) is 0 Å². The minimum Gasteiger partial charge on any atom is -0.375 e. The van der Waals surface area contributed by atoms with Gasteiger partial charge in [-0.3, -0.25) is 9.13 Å². The van der Waals surface area contributed by atoms with Crippen LogP contribution in [0.4, 0.5) is 0 Å². The monoisotopic (exact) mass is 294 g/mol. The lowest BCUT2D eigenvalue weighted by atomic mass is 10.0. The van der Waals surface area contributed by atoms with E-state index in [1.54, 1.807) is 22.4 Å². The van der Waals surface area contributed by atoms with E-state index in [-0.39, 0.29) is 29.2 Å². The molecule has 0 radical (unpaired) electrons. The predicted molar refractivity (Wildman–Crippen MR) is 73.9 cm³/mol. The molecule has 0 aliphatic carbocycles. The van der Waals surface area contributed by atoms with Crippen LogP contribution >= 0.6 is 11.6 Å². The molecular formula is C13H15ClN4O2. The highest BCUT2D eigenvalue weighted by Gasteiger charge is 2.37. The van der Waals surface area contributed by atoms with Crippen LogP contribution in [0.5, 0.6) is 0 Å². The van der Waals surface area contributed by atoms with Crippen molar-refractivity contribution in [1.29, 1.82) is 0 Å². The molecule has 2 aliphatic heterocycles. The first-order valence-electron chi connectivity index (χ1n) is 6.88. The van der Waals surface area contributed by atoms with Crippen molar-refractivity contribution in [1.82, 2.24) is 19.1 Å². The van der Waals surface area contributed by atoms with Crippen LogP contribution in [-0.2, 0) is 11.8 Å². The number of ether oxygens (including phenoxy) is 1. The van der Waals surface area contributed by atoms with Gasteiger partial charge in [0.15, 0.2) is 5.65 Å². The number of nitrogens with zero attached hydrogens (tertiary/aromatic N) is 4. The van der Waals surface area contributed by atoms with Gasteiger partial charge < -0.3 is 4.74 Å². The molecule has 4 rings (SSSR count). The summed E-state index contributed by atoms with van der Waals surface area (Å²) in [6.07, 6.45) is 6.09. The molecule has 0 spiro atoms. The Labute approximate surface area is 120 Å². The number of hydrogen-bond donors (Lipinski definition) is 0. The zero-order valence-electron chi connectivity index (χ0n) is 11.1. The van der Waals surface area contributed by atoms with Gasteiger partial charge in [-0.25, -0.2) is 9.78 Å². The highest BCUT2D eigenvalue weighted by atomic mass is 35.5. The Morgan fingerprint density at radius 1 is 1.35 bits per heavy atom. The van der Waals surface area contributed by atoms with Crippen LogP contribution in [0.25, 0.3) is 11.2 Å². The average Bonchev–Trinajstić information content (AvgIpc) is 2.88. The van der Waals surface area contributed by atoms with Gasteiger partial charge in [-0.05, 0) is 37.3 Å². The number of aryl methyl sites for hydroxylation is 1. The molecule has 0 amide bonds. The van der Waals surface area contributed by atoms with E-state index in [2.05, 4.69) is 9.97 Å². The van der Waals surface area contributed by atoms with Crippen LogP contribution in [0.2, 0.25) is 5.28 Å². The Kier molecular flexibility index (Phi) is 2.65. The normalized spacial score (nSPS) is 29.2. The molecule has 6 nitrogen and oxygen atoms in total. The second kappa shape index (κ2) is 4.30. The molecule has 2 aromatic heterocycles. The lowest BCUT2D eigenvalue weighted by Crippen LogP contribution is -2.33. The Morgan fingerprint density at radius 3 is 2.75 bits per heavy atom. The summed E-state index contributed by atoms with van der Waals surface area (Å²) < 4.78 is 9.21. The maximum atomic E-state index is 12.5. The highest BCUT2D eigenvalue weighted by Crippen LogP contribution is 2.38. The van der Waals surface area contributed by atoms with Gasteiger partial charge in [-0.1, -0.05) is 0 Å². The quantitative estimate of drug-likeness (QED) is 0.751. The molecule has 2 bridgehead atoms. The van der Waals surface area contributed by atoms with E-state index in [4.69, 9.17) is 16.3 Å². The SMILES string of the molecule is Cn1c(=O)n(C2C[C@H]3CC[C@@H](C2)O3)c2nc(Cl)ncc21. The molecule has 0 aromatic carbocycles.